The van der Waals surface area contributed by atoms with Crippen molar-refractivity contribution < 1.29 is 55.2 Å². The molecule has 1 aliphatic rings. The van der Waals surface area contributed by atoms with Gasteiger partial charge in [-0.15, -0.1) is 10.2 Å². The predicted octanol–water partition coefficient (Wildman–Crippen LogP) is 3.98. The van der Waals surface area contributed by atoms with Gasteiger partial charge in [-0.3, -0.25) is 0 Å². The minimum atomic E-state index is -4.93. The van der Waals surface area contributed by atoms with Gasteiger partial charge in [0, 0.05) is 55.2 Å². The number of hydrogen-bond donors (Lipinski definition) is 3. The smallest absolute Gasteiger partial charge is 0.418 e. The Balaban J connectivity index is 0.00000363. The van der Waals surface area contributed by atoms with Crippen molar-refractivity contribution in [2.45, 2.75) is 31.2 Å². The van der Waals surface area contributed by atoms with E-state index in [1.165, 1.54) is 0 Å². The molecule has 3 N–H and O–H groups in total. The number of nitrogens with zero attached hydrogens (tertiary/aromatic N) is 2. The van der Waals surface area contributed by atoms with Crippen LogP contribution >= 0.6 is 0 Å². The summed E-state index contributed by atoms with van der Waals surface area (Å²) < 4.78 is 104. The van der Waals surface area contributed by atoms with E-state index in [1.54, 1.807) is 4.72 Å². The maximum absolute atomic E-state index is 13.7. The van der Waals surface area contributed by atoms with Crippen molar-refractivity contribution in [3.8, 4) is 11.3 Å². The minimum absolute atomic E-state index is 0. The van der Waals surface area contributed by atoms with Crippen molar-refractivity contribution in [3.63, 3.8) is 0 Å². The van der Waals surface area contributed by atoms with E-state index < -0.39 is 51.3 Å². The van der Waals surface area contributed by atoms with Crippen LogP contribution in [0.25, 0.3) is 11.3 Å². The van der Waals surface area contributed by atoms with E-state index in [-0.39, 0.29) is 32.3 Å². The second-order valence-electron chi connectivity index (χ2n) is 6.77. The molecule has 177 valence electrons. The third-order valence-electron chi connectivity index (χ3n) is 4.54. The molecule has 2 aromatic rings. The number of piperidine rings is 1. The molecule has 1 aliphatic heterocycles. The van der Waals surface area contributed by atoms with Crippen LogP contribution < -0.4 is 15.4 Å². The molecule has 1 radical (unpaired) electrons. The first-order valence-corrected chi connectivity index (χ1v) is 10.0. The Morgan fingerprint density at radius 3 is 2.31 bits per heavy atom. The van der Waals surface area contributed by atoms with E-state index in [2.05, 4.69) is 20.8 Å². The van der Waals surface area contributed by atoms with Gasteiger partial charge < -0.3 is 23.8 Å². The minimum Gasteiger partial charge on any atom is -0.419 e. The molecular formula is C17H16F6N5O2ReS-. The first-order chi connectivity index (χ1) is 14.4. The van der Waals surface area contributed by atoms with Crippen LogP contribution in [0, 0.1) is 0 Å². The number of benzene rings is 1. The van der Waals surface area contributed by atoms with Crippen molar-refractivity contribution >= 4 is 22.4 Å². The Kier molecular flexibility index (Phi) is 8.49. The Morgan fingerprint density at radius 2 is 1.75 bits per heavy atom. The molecule has 1 aromatic carbocycles. The first kappa shape index (κ1) is 26.3. The number of aromatic nitrogens is 2. The zero-order valence-electron chi connectivity index (χ0n) is 16.0. The van der Waals surface area contributed by atoms with E-state index in [9.17, 15) is 34.8 Å². The van der Waals surface area contributed by atoms with Gasteiger partial charge in [-0.25, -0.2) is 0 Å². The van der Waals surface area contributed by atoms with E-state index in [0.29, 0.717) is 31.2 Å². The Hall–Kier alpha value is -1.95. The fourth-order valence-electron chi connectivity index (χ4n) is 3.16. The normalized spacial score (nSPS) is 17.0. The average molecular weight is 655 g/mol. The zero-order chi connectivity index (χ0) is 22.8. The molecule has 0 spiro atoms. The molecule has 1 aromatic heterocycles. The summed E-state index contributed by atoms with van der Waals surface area (Å²) in [6.07, 6.45) is -8.23. The standard InChI is InChI=1S/C17H16F6N5O2S.Re/c18-16(19,20)9-3-4-11(13(6-9)28-31(29)30)15-12(17(21,22)23)7-14(26-27-15)25-10-2-1-5-24-8-10;/h3-4,6-7,10,24H,1-2,5,8H2,(H,25,26)(H,28,29,30);/q-1;. The number of nitrogens with one attached hydrogen (secondary N) is 3. The van der Waals surface area contributed by atoms with Crippen LogP contribution in [0.3, 0.4) is 0 Å². The molecule has 0 saturated carbocycles. The van der Waals surface area contributed by atoms with E-state index in [0.717, 1.165) is 19.0 Å². The van der Waals surface area contributed by atoms with Gasteiger partial charge >= 0.3 is 12.4 Å². The van der Waals surface area contributed by atoms with Gasteiger partial charge in [0.15, 0.2) is 0 Å². The monoisotopic (exact) mass is 655 g/mol. The summed E-state index contributed by atoms with van der Waals surface area (Å²) in [6, 6.07) is 2.19. The van der Waals surface area contributed by atoms with Crippen molar-refractivity contribution in [1.29, 1.82) is 0 Å². The summed E-state index contributed by atoms with van der Waals surface area (Å²) in [5, 5.41) is 13.2. The quantitative estimate of drug-likeness (QED) is 0.334. The third-order valence-corrected chi connectivity index (χ3v) is 4.93. The Morgan fingerprint density at radius 1 is 1.03 bits per heavy atom. The molecule has 3 rings (SSSR count). The second-order valence-corrected chi connectivity index (χ2v) is 7.45. The Labute approximate surface area is 194 Å². The first-order valence-electron chi connectivity index (χ1n) is 8.95. The van der Waals surface area contributed by atoms with Crippen molar-refractivity contribution in [1.82, 2.24) is 15.5 Å². The summed E-state index contributed by atoms with van der Waals surface area (Å²) in [4.78, 5) is 0. The zero-order valence-corrected chi connectivity index (χ0v) is 19.5. The van der Waals surface area contributed by atoms with Crippen molar-refractivity contribution in [2.75, 3.05) is 23.1 Å². The second kappa shape index (κ2) is 10.3. The fraction of sp³-hybridized carbons (Fsp3) is 0.412. The molecule has 15 heteroatoms. The fourth-order valence-corrected chi connectivity index (χ4v) is 3.51. The third kappa shape index (κ3) is 6.53. The molecular weight excluding hydrogens is 638 g/mol. The number of halogens is 6. The summed E-state index contributed by atoms with van der Waals surface area (Å²) >= 11 is 0. The average Bonchev–Trinajstić information content (AvgIpc) is 2.67. The molecule has 1 unspecified atom stereocenters. The van der Waals surface area contributed by atoms with Crippen LogP contribution in [0.2, 0.25) is 0 Å². The van der Waals surface area contributed by atoms with Crippen molar-refractivity contribution in [2.24, 2.45) is 0 Å². The molecule has 1 saturated heterocycles. The van der Waals surface area contributed by atoms with Crippen molar-refractivity contribution in [3.05, 3.63) is 35.4 Å². The number of anilines is 2. The van der Waals surface area contributed by atoms with Gasteiger partial charge in [0.1, 0.15) is 11.5 Å². The van der Waals surface area contributed by atoms with E-state index >= 15 is 0 Å². The van der Waals surface area contributed by atoms with Crippen LogP contribution in [0.4, 0.5) is 37.8 Å². The van der Waals surface area contributed by atoms with Gasteiger partial charge in [-0.1, -0.05) is 6.07 Å². The molecule has 0 amide bonds. The number of alkyl halides is 6. The molecule has 32 heavy (non-hydrogen) atoms. The number of hydrogen-bond acceptors (Lipinski definition) is 7. The van der Waals surface area contributed by atoms with Gasteiger partial charge in [0.25, 0.3) is 0 Å². The number of rotatable bonds is 5. The maximum Gasteiger partial charge on any atom is 0.418 e. The topological polar surface area (TPSA) is 96.0 Å². The van der Waals surface area contributed by atoms with E-state index in [1.807, 2.05) is 0 Å². The van der Waals surface area contributed by atoms with Crippen LogP contribution in [0.15, 0.2) is 24.3 Å². The van der Waals surface area contributed by atoms with Crippen LogP contribution in [0.1, 0.15) is 24.0 Å². The molecule has 0 bridgehead atoms. The van der Waals surface area contributed by atoms with Crippen LogP contribution in [-0.2, 0) is 52.1 Å². The van der Waals surface area contributed by atoms with Gasteiger partial charge in [-0.05, 0) is 37.6 Å². The molecule has 1 atom stereocenters. The van der Waals surface area contributed by atoms with Crippen LogP contribution in [0.5, 0.6) is 0 Å². The molecule has 2 heterocycles. The molecule has 0 aliphatic carbocycles. The summed E-state index contributed by atoms with van der Waals surface area (Å²) in [6.45, 7) is 1.31. The van der Waals surface area contributed by atoms with Gasteiger partial charge in [0.2, 0.25) is 0 Å². The van der Waals surface area contributed by atoms with E-state index in [4.69, 9.17) is 0 Å². The predicted molar refractivity (Wildman–Crippen MR) is 99.3 cm³/mol. The largest absolute Gasteiger partial charge is 0.419 e. The van der Waals surface area contributed by atoms with Gasteiger partial charge in [-0.2, -0.15) is 26.3 Å². The Bertz CT molecular complexity index is 1020. The maximum atomic E-state index is 13.7. The summed E-state index contributed by atoms with van der Waals surface area (Å²) in [5.74, 6) is -0.154. The van der Waals surface area contributed by atoms with Crippen LogP contribution in [-0.4, -0.2) is 29.3 Å². The summed E-state index contributed by atoms with van der Waals surface area (Å²) in [7, 11) is -3.09. The van der Waals surface area contributed by atoms with Gasteiger partial charge in [0.05, 0.1) is 11.1 Å². The molecule has 1 fully saturated rings. The summed E-state index contributed by atoms with van der Waals surface area (Å²) in [5.41, 5.74) is -4.52. The molecule has 7 nitrogen and oxygen atoms in total. The SMILES string of the molecule is O=[S-](=O)Nc1cc(C(F)(F)F)ccc1-c1nnc(NC2CCCNC2)cc1C(F)(F)F.[Re].